The molecule has 1 aromatic heterocycles. The lowest BCUT2D eigenvalue weighted by Crippen LogP contribution is -2.12. The number of para-hydroxylation sites is 1. The van der Waals surface area contributed by atoms with Crippen LogP contribution in [0, 0.1) is 0 Å². The van der Waals surface area contributed by atoms with Crippen molar-refractivity contribution in [2.75, 3.05) is 7.11 Å². The van der Waals surface area contributed by atoms with Gasteiger partial charge < -0.3 is 9.15 Å². The molecule has 4 rings (SSSR count). The van der Waals surface area contributed by atoms with Gasteiger partial charge >= 0.3 is 0 Å². The number of halogens is 1. The fourth-order valence-electron chi connectivity index (χ4n) is 3.22. The van der Waals surface area contributed by atoms with Gasteiger partial charge in [-0.1, -0.05) is 29.8 Å². The maximum atomic E-state index is 13.4. The van der Waals surface area contributed by atoms with Gasteiger partial charge in [-0.25, -0.2) is 13.6 Å². The Balaban J connectivity index is 2.04. The van der Waals surface area contributed by atoms with E-state index >= 15 is 0 Å². The zero-order chi connectivity index (χ0) is 21.5. The van der Waals surface area contributed by atoms with Crippen LogP contribution < -0.4 is 15.3 Å². The summed E-state index contributed by atoms with van der Waals surface area (Å²) in [5.74, 6) is 0.710. The van der Waals surface area contributed by atoms with E-state index in [1.54, 1.807) is 54.6 Å². The highest BCUT2D eigenvalue weighted by Crippen LogP contribution is 2.36. The third-order valence-electron chi connectivity index (χ3n) is 4.68. The van der Waals surface area contributed by atoms with Crippen molar-refractivity contribution in [1.82, 2.24) is 0 Å². The van der Waals surface area contributed by atoms with E-state index < -0.39 is 10.0 Å². The molecule has 4 aromatic rings. The molecule has 0 spiro atoms. The molecule has 0 radical (unpaired) electrons. The minimum atomic E-state index is -3.84. The topological polar surface area (TPSA) is 99.6 Å². The summed E-state index contributed by atoms with van der Waals surface area (Å²) in [4.78, 5) is 13.3. The predicted octanol–water partition coefficient (Wildman–Crippen LogP) is 4.44. The number of hydrogen-bond acceptors (Lipinski definition) is 5. The quantitative estimate of drug-likeness (QED) is 0.504. The highest BCUT2D eigenvalue weighted by molar-refractivity contribution is 7.89. The van der Waals surface area contributed by atoms with Crippen molar-refractivity contribution in [3.05, 3.63) is 82.0 Å². The number of rotatable bonds is 4. The van der Waals surface area contributed by atoms with Crippen LogP contribution in [0.1, 0.15) is 0 Å². The fourth-order valence-corrected chi connectivity index (χ4v) is 3.93. The molecule has 0 fully saturated rings. The van der Waals surface area contributed by atoms with Gasteiger partial charge in [0.1, 0.15) is 17.1 Å². The Labute approximate surface area is 177 Å². The maximum absolute atomic E-state index is 13.4. The molecule has 0 aliphatic heterocycles. The SMILES string of the molecule is COc1cc(-c2c(-c3ccc(S(N)(=O)=O)cc3)oc3ccccc3c2=O)ccc1Cl. The van der Waals surface area contributed by atoms with Crippen LogP contribution in [0.25, 0.3) is 33.4 Å². The smallest absolute Gasteiger partial charge is 0.238 e. The molecule has 0 aliphatic carbocycles. The Hall–Kier alpha value is -3.13. The van der Waals surface area contributed by atoms with Crippen LogP contribution in [0.3, 0.4) is 0 Å². The second-order valence-corrected chi connectivity index (χ2v) is 8.52. The Bertz CT molecular complexity index is 1430. The number of sulfonamides is 1. The normalized spacial score (nSPS) is 11.6. The van der Waals surface area contributed by atoms with Crippen LogP contribution in [0.2, 0.25) is 5.02 Å². The minimum absolute atomic E-state index is 0.0379. The third kappa shape index (κ3) is 3.59. The van der Waals surface area contributed by atoms with Crippen molar-refractivity contribution >= 4 is 32.6 Å². The van der Waals surface area contributed by atoms with Crippen molar-refractivity contribution < 1.29 is 17.6 Å². The zero-order valence-electron chi connectivity index (χ0n) is 15.8. The monoisotopic (exact) mass is 441 g/mol. The van der Waals surface area contributed by atoms with Gasteiger partial charge in [0.2, 0.25) is 15.5 Å². The van der Waals surface area contributed by atoms with Gasteiger partial charge in [-0.05, 0) is 54.1 Å². The maximum Gasteiger partial charge on any atom is 0.238 e. The highest BCUT2D eigenvalue weighted by Gasteiger charge is 2.19. The average Bonchev–Trinajstić information content (AvgIpc) is 2.74. The summed E-state index contributed by atoms with van der Waals surface area (Å²) in [6.07, 6.45) is 0. The molecule has 0 amide bonds. The van der Waals surface area contributed by atoms with E-state index in [9.17, 15) is 13.2 Å². The first-order valence-corrected chi connectivity index (χ1v) is 10.7. The predicted molar refractivity (Wildman–Crippen MR) is 116 cm³/mol. The lowest BCUT2D eigenvalue weighted by atomic mass is 9.98. The number of hydrogen-bond donors (Lipinski definition) is 1. The number of primary sulfonamides is 1. The molecular formula is C22H16ClNO5S. The Kier molecular flexibility index (Phi) is 5.11. The van der Waals surface area contributed by atoms with Crippen molar-refractivity contribution in [1.29, 1.82) is 0 Å². The van der Waals surface area contributed by atoms with Gasteiger partial charge in [0, 0.05) is 5.56 Å². The molecule has 30 heavy (non-hydrogen) atoms. The minimum Gasteiger partial charge on any atom is -0.495 e. The summed E-state index contributed by atoms with van der Waals surface area (Å²) >= 11 is 6.14. The van der Waals surface area contributed by atoms with Crippen LogP contribution >= 0.6 is 11.6 Å². The molecule has 2 N–H and O–H groups in total. The van der Waals surface area contributed by atoms with E-state index in [1.165, 1.54) is 19.2 Å². The lowest BCUT2D eigenvalue weighted by Gasteiger charge is -2.12. The van der Waals surface area contributed by atoms with Crippen molar-refractivity contribution in [2.45, 2.75) is 4.90 Å². The molecule has 0 saturated heterocycles. The van der Waals surface area contributed by atoms with Crippen molar-refractivity contribution in [2.24, 2.45) is 5.14 Å². The summed E-state index contributed by atoms with van der Waals surface area (Å²) < 4.78 is 34.5. The summed E-state index contributed by atoms with van der Waals surface area (Å²) in [5.41, 5.74) is 1.58. The van der Waals surface area contributed by atoms with Crippen molar-refractivity contribution in [3.8, 4) is 28.2 Å². The second-order valence-electron chi connectivity index (χ2n) is 6.55. The summed E-state index contributed by atoms with van der Waals surface area (Å²) in [5, 5.41) is 6.01. The third-order valence-corrected chi connectivity index (χ3v) is 5.92. The van der Waals surface area contributed by atoms with E-state index in [2.05, 4.69) is 0 Å². The number of ether oxygens (including phenoxy) is 1. The van der Waals surface area contributed by atoms with Crippen LogP contribution in [-0.4, -0.2) is 15.5 Å². The molecular weight excluding hydrogens is 426 g/mol. The van der Waals surface area contributed by atoms with Gasteiger partial charge in [0.25, 0.3) is 0 Å². The Morgan fingerprint density at radius 2 is 1.63 bits per heavy atom. The van der Waals surface area contributed by atoms with E-state index in [0.29, 0.717) is 44.2 Å². The molecule has 0 atom stereocenters. The molecule has 3 aromatic carbocycles. The molecule has 0 aliphatic rings. The standard InChI is InChI=1S/C22H16ClNO5S/c1-28-19-12-14(8-11-17(19)23)20-21(25)16-4-2-3-5-18(16)29-22(20)13-6-9-15(10-7-13)30(24,26)27/h2-12H,1H3,(H2,24,26,27). The van der Waals surface area contributed by atoms with Crippen molar-refractivity contribution in [3.63, 3.8) is 0 Å². The molecule has 0 saturated carbocycles. The molecule has 6 nitrogen and oxygen atoms in total. The summed E-state index contributed by atoms with van der Waals surface area (Å²) in [7, 11) is -2.36. The Morgan fingerprint density at radius 3 is 2.30 bits per heavy atom. The number of methoxy groups -OCH3 is 1. The fraction of sp³-hybridized carbons (Fsp3) is 0.0455. The van der Waals surface area contributed by atoms with E-state index in [1.807, 2.05) is 0 Å². The van der Waals surface area contributed by atoms with Crippen LogP contribution in [0.4, 0.5) is 0 Å². The number of fused-ring (bicyclic) bond motifs is 1. The Morgan fingerprint density at radius 1 is 0.967 bits per heavy atom. The summed E-state index contributed by atoms with van der Waals surface area (Å²) in [6.45, 7) is 0. The van der Waals surface area contributed by atoms with Gasteiger partial charge in [-0.15, -0.1) is 0 Å². The van der Waals surface area contributed by atoms with Gasteiger partial charge in [-0.3, -0.25) is 4.79 Å². The first-order chi connectivity index (χ1) is 14.3. The van der Waals surface area contributed by atoms with E-state index in [-0.39, 0.29) is 10.3 Å². The zero-order valence-corrected chi connectivity index (χ0v) is 17.3. The summed E-state index contributed by atoms with van der Waals surface area (Å²) in [6, 6.07) is 17.7. The molecule has 0 bridgehead atoms. The van der Waals surface area contributed by atoms with Crippen LogP contribution in [-0.2, 0) is 10.0 Å². The van der Waals surface area contributed by atoms with E-state index in [0.717, 1.165) is 0 Å². The van der Waals surface area contributed by atoms with Crippen LogP contribution in [0.15, 0.2) is 80.8 Å². The molecule has 152 valence electrons. The van der Waals surface area contributed by atoms with Gasteiger partial charge in [0.15, 0.2) is 0 Å². The average molecular weight is 442 g/mol. The van der Waals surface area contributed by atoms with Gasteiger partial charge in [0.05, 0.1) is 28.0 Å². The van der Waals surface area contributed by atoms with Gasteiger partial charge in [-0.2, -0.15) is 0 Å². The first kappa shape index (κ1) is 20.2. The number of benzene rings is 3. The second kappa shape index (κ2) is 7.60. The van der Waals surface area contributed by atoms with Crippen LogP contribution in [0.5, 0.6) is 5.75 Å². The van der Waals surface area contributed by atoms with E-state index in [4.69, 9.17) is 25.9 Å². The largest absolute Gasteiger partial charge is 0.495 e. The number of nitrogens with two attached hydrogens (primary N) is 1. The first-order valence-electron chi connectivity index (χ1n) is 8.82. The molecule has 8 heteroatoms. The molecule has 0 unspecified atom stereocenters. The highest BCUT2D eigenvalue weighted by atomic mass is 35.5. The molecule has 1 heterocycles. The lowest BCUT2D eigenvalue weighted by molar-refractivity contribution is 0.415.